The lowest BCUT2D eigenvalue weighted by molar-refractivity contribution is -0.121. The Bertz CT molecular complexity index is 699. The number of hydrogen-bond acceptors (Lipinski definition) is 5. The first kappa shape index (κ1) is 17.7. The van der Waals surface area contributed by atoms with Crippen molar-refractivity contribution < 1.29 is 4.79 Å². The molecule has 0 saturated carbocycles. The number of rotatable bonds is 6. The van der Waals surface area contributed by atoms with E-state index in [0.29, 0.717) is 23.6 Å². The van der Waals surface area contributed by atoms with E-state index in [4.69, 9.17) is 11.5 Å². The number of pyridine rings is 1. The third-order valence-electron chi connectivity index (χ3n) is 3.92. The molecule has 1 unspecified atom stereocenters. The molecule has 2 rings (SSSR count). The number of benzene rings is 1. The van der Waals surface area contributed by atoms with Gasteiger partial charge >= 0.3 is 0 Å². The standard InChI is InChI=1S/C18H25N5O/c1-4-12-18(20,15-6-5-7-16(19)22-15)17(24)21-13-8-10-14(11-9-13)23(2)3/h5-11H,4,12,20H2,1-3H3,(H2,19,22)(H,21,24). The average molecular weight is 327 g/mol. The summed E-state index contributed by atoms with van der Waals surface area (Å²) in [4.78, 5) is 19.1. The van der Waals surface area contributed by atoms with E-state index < -0.39 is 5.54 Å². The molecule has 1 aromatic carbocycles. The summed E-state index contributed by atoms with van der Waals surface area (Å²) in [6.07, 6.45) is 1.23. The van der Waals surface area contributed by atoms with Gasteiger partial charge in [-0.1, -0.05) is 19.4 Å². The number of nitrogen functional groups attached to an aromatic ring is 1. The van der Waals surface area contributed by atoms with Crippen LogP contribution in [0.2, 0.25) is 0 Å². The minimum Gasteiger partial charge on any atom is -0.384 e. The zero-order valence-corrected chi connectivity index (χ0v) is 14.4. The topological polar surface area (TPSA) is 97.3 Å². The molecule has 0 saturated heterocycles. The Morgan fingerprint density at radius 1 is 1.21 bits per heavy atom. The third-order valence-corrected chi connectivity index (χ3v) is 3.92. The van der Waals surface area contributed by atoms with E-state index in [-0.39, 0.29) is 5.91 Å². The minimum absolute atomic E-state index is 0.292. The lowest BCUT2D eigenvalue weighted by atomic mass is 9.89. The molecule has 0 radical (unpaired) electrons. The van der Waals surface area contributed by atoms with E-state index in [9.17, 15) is 4.79 Å². The predicted molar refractivity (Wildman–Crippen MR) is 98.8 cm³/mol. The van der Waals surface area contributed by atoms with Gasteiger partial charge in [0, 0.05) is 25.5 Å². The fraction of sp³-hybridized carbons (Fsp3) is 0.333. The lowest BCUT2D eigenvalue weighted by Crippen LogP contribution is -2.49. The van der Waals surface area contributed by atoms with E-state index in [1.54, 1.807) is 18.2 Å². The number of nitrogens with two attached hydrogens (primary N) is 2. The van der Waals surface area contributed by atoms with Crippen LogP contribution in [0, 0.1) is 0 Å². The maximum Gasteiger partial charge on any atom is 0.250 e. The highest BCUT2D eigenvalue weighted by molar-refractivity contribution is 5.98. The fourth-order valence-corrected chi connectivity index (χ4v) is 2.54. The third kappa shape index (κ3) is 3.83. The van der Waals surface area contributed by atoms with E-state index in [1.807, 2.05) is 50.2 Å². The first-order chi connectivity index (χ1) is 11.4. The quantitative estimate of drug-likeness (QED) is 0.756. The van der Waals surface area contributed by atoms with Crippen molar-refractivity contribution in [2.45, 2.75) is 25.3 Å². The van der Waals surface area contributed by atoms with Gasteiger partial charge < -0.3 is 21.7 Å². The van der Waals surface area contributed by atoms with Crippen LogP contribution in [0.1, 0.15) is 25.5 Å². The normalized spacial score (nSPS) is 13.2. The fourth-order valence-electron chi connectivity index (χ4n) is 2.54. The zero-order valence-electron chi connectivity index (χ0n) is 14.4. The van der Waals surface area contributed by atoms with Crippen LogP contribution in [0.3, 0.4) is 0 Å². The molecular weight excluding hydrogens is 302 g/mol. The number of carbonyl (C=O) groups excluding carboxylic acids is 1. The number of aromatic nitrogens is 1. The van der Waals surface area contributed by atoms with Gasteiger partial charge in [0.25, 0.3) is 5.91 Å². The first-order valence-electron chi connectivity index (χ1n) is 7.97. The molecule has 0 bridgehead atoms. The maximum absolute atomic E-state index is 12.8. The average Bonchev–Trinajstić information content (AvgIpc) is 2.55. The van der Waals surface area contributed by atoms with Gasteiger partial charge in [-0.05, 0) is 42.8 Å². The second-order valence-corrected chi connectivity index (χ2v) is 6.06. The molecule has 0 aliphatic heterocycles. The van der Waals surface area contributed by atoms with Crippen molar-refractivity contribution in [3.8, 4) is 0 Å². The predicted octanol–water partition coefficient (Wildman–Crippen LogP) is 2.32. The monoisotopic (exact) mass is 327 g/mol. The Balaban J connectivity index is 2.25. The van der Waals surface area contributed by atoms with E-state index in [0.717, 1.165) is 12.1 Å². The molecule has 0 spiro atoms. The molecule has 6 nitrogen and oxygen atoms in total. The van der Waals surface area contributed by atoms with Gasteiger partial charge in [0.15, 0.2) is 0 Å². The minimum atomic E-state index is -1.22. The van der Waals surface area contributed by atoms with Crippen molar-refractivity contribution in [3.05, 3.63) is 48.2 Å². The summed E-state index contributed by atoms with van der Waals surface area (Å²) in [5.41, 5.74) is 13.2. The molecule has 24 heavy (non-hydrogen) atoms. The Hall–Kier alpha value is -2.60. The molecule has 1 amide bonds. The second-order valence-electron chi connectivity index (χ2n) is 6.06. The highest BCUT2D eigenvalue weighted by Gasteiger charge is 2.36. The van der Waals surface area contributed by atoms with Crippen LogP contribution in [0.25, 0.3) is 0 Å². The number of nitrogens with zero attached hydrogens (tertiary/aromatic N) is 2. The van der Waals surface area contributed by atoms with Crippen LogP contribution in [0.4, 0.5) is 17.2 Å². The van der Waals surface area contributed by atoms with Crippen LogP contribution < -0.4 is 21.7 Å². The van der Waals surface area contributed by atoms with Crippen LogP contribution in [0.15, 0.2) is 42.5 Å². The van der Waals surface area contributed by atoms with Crippen LogP contribution in [0.5, 0.6) is 0 Å². The Kier molecular flexibility index (Phi) is 5.41. The van der Waals surface area contributed by atoms with Gasteiger partial charge in [0.05, 0.1) is 5.69 Å². The van der Waals surface area contributed by atoms with Crippen molar-refractivity contribution in [1.82, 2.24) is 4.98 Å². The molecule has 5 N–H and O–H groups in total. The highest BCUT2D eigenvalue weighted by atomic mass is 16.2. The highest BCUT2D eigenvalue weighted by Crippen LogP contribution is 2.25. The van der Waals surface area contributed by atoms with E-state index in [1.165, 1.54) is 0 Å². The van der Waals surface area contributed by atoms with Crippen molar-refractivity contribution in [2.75, 3.05) is 30.0 Å². The Morgan fingerprint density at radius 2 is 1.88 bits per heavy atom. The smallest absolute Gasteiger partial charge is 0.250 e. The van der Waals surface area contributed by atoms with Crippen molar-refractivity contribution in [1.29, 1.82) is 0 Å². The molecule has 1 atom stereocenters. The molecule has 1 heterocycles. The summed E-state index contributed by atoms with van der Waals surface area (Å²) < 4.78 is 0. The largest absolute Gasteiger partial charge is 0.384 e. The zero-order chi connectivity index (χ0) is 17.7. The number of hydrogen-bond donors (Lipinski definition) is 3. The lowest BCUT2D eigenvalue weighted by Gasteiger charge is -2.27. The summed E-state index contributed by atoms with van der Waals surface area (Å²) >= 11 is 0. The summed E-state index contributed by atoms with van der Waals surface area (Å²) in [6, 6.07) is 12.8. The van der Waals surface area contributed by atoms with Crippen molar-refractivity contribution in [2.24, 2.45) is 5.73 Å². The van der Waals surface area contributed by atoms with Gasteiger partial charge in [0.2, 0.25) is 0 Å². The van der Waals surface area contributed by atoms with Crippen LogP contribution in [-0.2, 0) is 10.3 Å². The molecule has 0 fully saturated rings. The number of anilines is 3. The molecule has 6 heteroatoms. The SMILES string of the molecule is CCCC(N)(C(=O)Nc1ccc(N(C)C)cc1)c1cccc(N)n1. The van der Waals surface area contributed by atoms with Crippen LogP contribution in [-0.4, -0.2) is 25.0 Å². The van der Waals surface area contributed by atoms with Gasteiger partial charge in [-0.15, -0.1) is 0 Å². The maximum atomic E-state index is 12.8. The van der Waals surface area contributed by atoms with Gasteiger partial charge in [0.1, 0.15) is 11.4 Å². The summed E-state index contributed by atoms with van der Waals surface area (Å²) in [6.45, 7) is 1.98. The van der Waals surface area contributed by atoms with E-state index >= 15 is 0 Å². The first-order valence-corrected chi connectivity index (χ1v) is 7.97. The summed E-state index contributed by atoms with van der Waals surface area (Å²) in [7, 11) is 3.93. The summed E-state index contributed by atoms with van der Waals surface area (Å²) in [5.74, 6) is 0.0571. The Labute approximate surface area is 142 Å². The molecule has 1 aromatic heterocycles. The Morgan fingerprint density at radius 3 is 2.42 bits per heavy atom. The van der Waals surface area contributed by atoms with Gasteiger partial charge in [-0.25, -0.2) is 4.98 Å². The van der Waals surface area contributed by atoms with Gasteiger partial charge in [-0.2, -0.15) is 0 Å². The van der Waals surface area contributed by atoms with Gasteiger partial charge in [-0.3, -0.25) is 4.79 Å². The molecule has 128 valence electrons. The van der Waals surface area contributed by atoms with E-state index in [2.05, 4.69) is 10.3 Å². The molecular formula is C18H25N5O. The van der Waals surface area contributed by atoms with Crippen molar-refractivity contribution in [3.63, 3.8) is 0 Å². The number of nitrogens with one attached hydrogen (secondary N) is 1. The number of amides is 1. The molecule has 0 aliphatic rings. The van der Waals surface area contributed by atoms with Crippen LogP contribution >= 0.6 is 0 Å². The molecule has 2 aromatic rings. The summed E-state index contributed by atoms with van der Waals surface area (Å²) in [5, 5.41) is 2.89. The second kappa shape index (κ2) is 7.31. The number of carbonyl (C=O) groups is 1. The van der Waals surface area contributed by atoms with Crippen molar-refractivity contribution >= 4 is 23.1 Å². The molecule has 0 aliphatic carbocycles.